The quantitative estimate of drug-likeness (QED) is 0.680. The van der Waals surface area contributed by atoms with Crippen LogP contribution in [-0.4, -0.2) is 38.5 Å². The minimum absolute atomic E-state index is 0.121. The summed E-state index contributed by atoms with van der Waals surface area (Å²) in [5, 5.41) is 14.2. The average molecular weight is 361 g/mol. The number of benzene rings is 1. The van der Waals surface area contributed by atoms with Crippen molar-refractivity contribution in [1.82, 2.24) is 19.7 Å². The van der Waals surface area contributed by atoms with E-state index in [4.69, 9.17) is 4.74 Å². The van der Waals surface area contributed by atoms with Crippen LogP contribution in [0.4, 0.5) is 5.13 Å². The second-order valence-electron chi connectivity index (χ2n) is 4.77. The molecule has 1 aromatic carbocycles. The Hall–Kier alpha value is -2.39. The maximum atomic E-state index is 11.9. The van der Waals surface area contributed by atoms with Crippen molar-refractivity contribution >= 4 is 34.1 Å². The molecule has 0 bridgehead atoms. The lowest BCUT2D eigenvalue weighted by molar-refractivity contribution is -0.113. The molecule has 3 aromatic rings. The molecule has 0 aliphatic rings. The van der Waals surface area contributed by atoms with Gasteiger partial charge >= 0.3 is 0 Å². The van der Waals surface area contributed by atoms with Gasteiger partial charge in [0, 0.05) is 24.2 Å². The van der Waals surface area contributed by atoms with Crippen molar-refractivity contribution < 1.29 is 9.53 Å². The van der Waals surface area contributed by atoms with Gasteiger partial charge in [0.05, 0.1) is 12.9 Å². The van der Waals surface area contributed by atoms with Crippen LogP contribution in [0.25, 0.3) is 11.4 Å². The third-order valence-electron chi connectivity index (χ3n) is 3.19. The van der Waals surface area contributed by atoms with E-state index < -0.39 is 0 Å². The molecular weight excluding hydrogens is 346 g/mol. The lowest BCUT2D eigenvalue weighted by Crippen LogP contribution is -2.14. The highest BCUT2D eigenvalue weighted by molar-refractivity contribution is 7.99. The zero-order chi connectivity index (χ0) is 16.9. The first kappa shape index (κ1) is 16.5. The first-order valence-electron chi connectivity index (χ1n) is 7.03. The summed E-state index contributed by atoms with van der Waals surface area (Å²) in [7, 11) is 3.50. The molecule has 7 nitrogen and oxygen atoms in total. The summed E-state index contributed by atoms with van der Waals surface area (Å²) >= 11 is 2.71. The summed E-state index contributed by atoms with van der Waals surface area (Å²) in [6.07, 6.45) is 1.65. The average Bonchev–Trinajstić information content (AvgIpc) is 3.23. The second kappa shape index (κ2) is 7.45. The van der Waals surface area contributed by atoms with Crippen molar-refractivity contribution in [2.45, 2.75) is 5.16 Å². The van der Waals surface area contributed by atoms with Gasteiger partial charge in [-0.25, -0.2) is 4.98 Å². The van der Waals surface area contributed by atoms with E-state index >= 15 is 0 Å². The Kier molecular flexibility index (Phi) is 5.11. The molecule has 9 heteroatoms. The zero-order valence-electron chi connectivity index (χ0n) is 13.1. The number of aromatic nitrogens is 4. The summed E-state index contributed by atoms with van der Waals surface area (Å²) in [5.41, 5.74) is 0.935. The Morgan fingerprint density at radius 1 is 1.33 bits per heavy atom. The molecule has 0 fully saturated rings. The van der Waals surface area contributed by atoms with E-state index in [0.29, 0.717) is 10.3 Å². The Bertz CT molecular complexity index is 815. The normalized spacial score (nSPS) is 10.6. The van der Waals surface area contributed by atoms with Gasteiger partial charge in [0.1, 0.15) is 5.75 Å². The van der Waals surface area contributed by atoms with Crippen molar-refractivity contribution in [1.29, 1.82) is 0 Å². The highest BCUT2D eigenvalue weighted by atomic mass is 32.2. The van der Waals surface area contributed by atoms with Gasteiger partial charge in [-0.2, -0.15) is 0 Å². The molecule has 0 spiro atoms. The van der Waals surface area contributed by atoms with E-state index in [9.17, 15) is 4.79 Å². The molecule has 2 heterocycles. The lowest BCUT2D eigenvalue weighted by Gasteiger charge is -2.05. The number of hydrogen-bond acceptors (Lipinski definition) is 7. The molecule has 24 heavy (non-hydrogen) atoms. The van der Waals surface area contributed by atoms with Crippen LogP contribution in [0.15, 0.2) is 41.0 Å². The fourth-order valence-corrected chi connectivity index (χ4v) is 3.26. The molecule has 3 rings (SSSR count). The predicted molar refractivity (Wildman–Crippen MR) is 94.5 cm³/mol. The Morgan fingerprint density at radius 3 is 2.79 bits per heavy atom. The molecule has 1 amide bonds. The SMILES string of the molecule is COc1ccc(-c2nnc(SCC(=O)Nc3nccs3)n2C)cc1. The van der Waals surface area contributed by atoms with Gasteiger partial charge in [0.15, 0.2) is 16.1 Å². The van der Waals surface area contributed by atoms with E-state index in [2.05, 4.69) is 20.5 Å². The third-order valence-corrected chi connectivity index (χ3v) is 4.90. The number of methoxy groups -OCH3 is 1. The molecular formula is C15H15N5O2S2. The van der Waals surface area contributed by atoms with E-state index in [1.165, 1.54) is 23.1 Å². The predicted octanol–water partition coefficient (Wildman–Crippen LogP) is 2.68. The number of carbonyl (C=O) groups is 1. The number of nitrogens with zero attached hydrogens (tertiary/aromatic N) is 4. The highest BCUT2D eigenvalue weighted by Gasteiger charge is 2.13. The van der Waals surface area contributed by atoms with Crippen LogP contribution in [0, 0.1) is 0 Å². The van der Waals surface area contributed by atoms with E-state index in [1.807, 2.05) is 41.3 Å². The molecule has 0 aliphatic heterocycles. The van der Waals surface area contributed by atoms with Gasteiger partial charge in [-0.05, 0) is 24.3 Å². The number of nitrogens with one attached hydrogen (secondary N) is 1. The van der Waals surface area contributed by atoms with Gasteiger partial charge in [-0.15, -0.1) is 21.5 Å². The van der Waals surface area contributed by atoms with Crippen molar-refractivity contribution in [3.63, 3.8) is 0 Å². The van der Waals surface area contributed by atoms with Crippen LogP contribution < -0.4 is 10.1 Å². The van der Waals surface area contributed by atoms with Crippen molar-refractivity contribution in [2.24, 2.45) is 7.05 Å². The maximum absolute atomic E-state index is 11.9. The second-order valence-corrected chi connectivity index (χ2v) is 6.60. The highest BCUT2D eigenvalue weighted by Crippen LogP contribution is 2.24. The topological polar surface area (TPSA) is 81.9 Å². The summed E-state index contributed by atoms with van der Waals surface area (Å²) in [4.78, 5) is 15.9. The van der Waals surface area contributed by atoms with E-state index in [-0.39, 0.29) is 11.7 Å². The van der Waals surface area contributed by atoms with Gasteiger partial charge in [0.2, 0.25) is 5.91 Å². The number of carbonyl (C=O) groups excluding carboxylic acids is 1. The van der Waals surface area contributed by atoms with Crippen LogP contribution in [0.3, 0.4) is 0 Å². The molecule has 0 unspecified atom stereocenters. The molecule has 0 saturated carbocycles. The van der Waals surface area contributed by atoms with E-state index in [0.717, 1.165) is 17.1 Å². The fraction of sp³-hybridized carbons (Fsp3) is 0.200. The van der Waals surface area contributed by atoms with Crippen LogP contribution in [0.2, 0.25) is 0 Å². The van der Waals surface area contributed by atoms with Crippen LogP contribution in [0.5, 0.6) is 5.75 Å². The van der Waals surface area contributed by atoms with Gasteiger partial charge in [-0.1, -0.05) is 11.8 Å². The van der Waals surface area contributed by atoms with Crippen LogP contribution in [0.1, 0.15) is 0 Å². The first-order valence-corrected chi connectivity index (χ1v) is 8.90. The third kappa shape index (κ3) is 3.74. The molecule has 0 aliphatic carbocycles. The summed E-state index contributed by atoms with van der Waals surface area (Å²) < 4.78 is 7.02. The molecule has 0 saturated heterocycles. The Labute approximate surface area is 147 Å². The van der Waals surface area contributed by atoms with Gasteiger partial charge in [-0.3, -0.25) is 4.79 Å². The minimum atomic E-state index is -0.121. The van der Waals surface area contributed by atoms with Gasteiger partial charge in [0.25, 0.3) is 0 Å². The fourth-order valence-electron chi connectivity index (χ4n) is 2.00. The molecule has 124 valence electrons. The molecule has 0 atom stereocenters. The van der Waals surface area contributed by atoms with Crippen molar-refractivity contribution in [3.05, 3.63) is 35.8 Å². The lowest BCUT2D eigenvalue weighted by atomic mass is 10.2. The number of rotatable bonds is 6. The van der Waals surface area contributed by atoms with Crippen LogP contribution in [-0.2, 0) is 11.8 Å². The van der Waals surface area contributed by atoms with Gasteiger partial charge < -0.3 is 14.6 Å². The maximum Gasteiger partial charge on any atom is 0.236 e. The molecule has 2 aromatic heterocycles. The summed E-state index contributed by atoms with van der Waals surface area (Å²) in [5.74, 6) is 1.65. The van der Waals surface area contributed by atoms with Crippen molar-refractivity contribution in [2.75, 3.05) is 18.2 Å². The number of amides is 1. The molecule has 1 N–H and O–H groups in total. The Morgan fingerprint density at radius 2 is 2.12 bits per heavy atom. The standard InChI is InChI=1S/C15H15N5O2S2/c1-20-13(10-3-5-11(22-2)6-4-10)18-19-15(20)24-9-12(21)17-14-16-7-8-23-14/h3-8H,9H2,1-2H3,(H,16,17,21). The number of thioether (sulfide) groups is 1. The number of ether oxygens (including phenoxy) is 1. The van der Waals surface area contributed by atoms with Crippen LogP contribution >= 0.6 is 23.1 Å². The summed E-state index contributed by atoms with van der Waals surface area (Å²) in [6.45, 7) is 0. The minimum Gasteiger partial charge on any atom is -0.497 e. The Balaban J connectivity index is 1.65. The van der Waals surface area contributed by atoms with Crippen molar-refractivity contribution in [3.8, 4) is 17.1 Å². The zero-order valence-corrected chi connectivity index (χ0v) is 14.7. The number of thiazole rings is 1. The van der Waals surface area contributed by atoms with E-state index in [1.54, 1.807) is 13.3 Å². The smallest absolute Gasteiger partial charge is 0.236 e. The monoisotopic (exact) mass is 361 g/mol. The number of anilines is 1. The number of hydrogen-bond donors (Lipinski definition) is 1. The summed E-state index contributed by atoms with van der Waals surface area (Å²) in [6, 6.07) is 7.59. The first-order chi connectivity index (χ1) is 11.7. The largest absolute Gasteiger partial charge is 0.497 e. The molecule has 0 radical (unpaired) electrons.